The van der Waals surface area contributed by atoms with Gasteiger partial charge >= 0.3 is 5.97 Å². The summed E-state index contributed by atoms with van der Waals surface area (Å²) in [6.07, 6.45) is 0.919. The number of Topliss-reactive ketones (excluding diaryl/α,β-unsaturated/α-hetero) is 1. The molecule has 0 atom stereocenters. The average molecular weight is 397 g/mol. The number of rotatable bonds is 2. The second-order valence-electron chi connectivity index (χ2n) is 7.28. The van der Waals surface area contributed by atoms with Gasteiger partial charge in [-0.1, -0.05) is 6.07 Å². The van der Waals surface area contributed by atoms with Gasteiger partial charge in [0, 0.05) is 37.6 Å². The number of ether oxygens (including phenoxy) is 4. The number of hydrogen-bond acceptors (Lipinski definition) is 7. The van der Waals surface area contributed by atoms with E-state index < -0.39 is 5.97 Å². The third-order valence-corrected chi connectivity index (χ3v) is 5.22. The van der Waals surface area contributed by atoms with E-state index in [1.165, 1.54) is 6.92 Å². The molecule has 0 unspecified atom stereocenters. The summed E-state index contributed by atoms with van der Waals surface area (Å²) in [4.78, 5) is 26.8. The fraction of sp³-hybridized carbons (Fsp3) is 0.364. The first-order valence-electron chi connectivity index (χ1n) is 9.47. The van der Waals surface area contributed by atoms with Crippen molar-refractivity contribution in [2.75, 3.05) is 27.5 Å². The molecule has 2 heterocycles. The Morgan fingerprint density at radius 3 is 2.62 bits per heavy atom. The zero-order chi connectivity index (χ0) is 20.5. The minimum atomic E-state index is -0.419. The smallest absolute Gasteiger partial charge is 0.308 e. The average Bonchev–Trinajstić information content (AvgIpc) is 3.14. The van der Waals surface area contributed by atoms with Crippen LogP contribution in [0.3, 0.4) is 0 Å². The van der Waals surface area contributed by atoms with Crippen molar-refractivity contribution in [1.29, 1.82) is 0 Å². The van der Waals surface area contributed by atoms with Crippen LogP contribution in [0.2, 0.25) is 0 Å². The Morgan fingerprint density at radius 1 is 1.14 bits per heavy atom. The lowest BCUT2D eigenvalue weighted by molar-refractivity contribution is -0.132. The second kappa shape index (κ2) is 7.75. The third-order valence-electron chi connectivity index (χ3n) is 5.22. The van der Waals surface area contributed by atoms with E-state index in [4.69, 9.17) is 18.9 Å². The van der Waals surface area contributed by atoms with Crippen LogP contribution in [0.25, 0.3) is 0 Å². The third kappa shape index (κ3) is 3.78. The van der Waals surface area contributed by atoms with Gasteiger partial charge in [-0.25, -0.2) is 0 Å². The van der Waals surface area contributed by atoms with E-state index in [0.29, 0.717) is 41.5 Å². The van der Waals surface area contributed by atoms with Crippen molar-refractivity contribution in [3.63, 3.8) is 0 Å². The van der Waals surface area contributed by atoms with E-state index in [1.54, 1.807) is 19.2 Å². The summed E-state index contributed by atoms with van der Waals surface area (Å²) < 4.78 is 21.8. The number of hydrogen-bond donors (Lipinski definition) is 0. The van der Waals surface area contributed by atoms with Crippen LogP contribution in [0.5, 0.6) is 23.0 Å². The van der Waals surface area contributed by atoms with Gasteiger partial charge in [-0.15, -0.1) is 0 Å². The molecular weight excluding hydrogens is 374 g/mol. The highest BCUT2D eigenvalue weighted by molar-refractivity contribution is 6.00. The van der Waals surface area contributed by atoms with Gasteiger partial charge in [-0.3, -0.25) is 9.59 Å². The monoisotopic (exact) mass is 397 g/mol. The Bertz CT molecular complexity index is 984. The Labute approximate surface area is 169 Å². The number of ketones is 1. The van der Waals surface area contributed by atoms with E-state index in [2.05, 4.69) is 4.90 Å². The number of benzene rings is 2. The number of methoxy groups -OCH3 is 1. The van der Waals surface area contributed by atoms with Crippen molar-refractivity contribution < 1.29 is 28.5 Å². The summed E-state index contributed by atoms with van der Waals surface area (Å²) >= 11 is 0. The molecule has 0 spiro atoms. The molecule has 0 aromatic heterocycles. The van der Waals surface area contributed by atoms with E-state index in [0.717, 1.165) is 23.2 Å². The minimum absolute atomic E-state index is 0.00592. The highest BCUT2D eigenvalue weighted by atomic mass is 16.7. The van der Waals surface area contributed by atoms with Crippen LogP contribution >= 0.6 is 0 Å². The van der Waals surface area contributed by atoms with Crippen LogP contribution in [0.15, 0.2) is 24.3 Å². The molecule has 0 bridgehead atoms. The van der Waals surface area contributed by atoms with Crippen LogP contribution in [0.1, 0.15) is 34.0 Å². The molecule has 2 aliphatic rings. The van der Waals surface area contributed by atoms with Gasteiger partial charge in [-0.2, -0.15) is 0 Å². The molecule has 0 saturated carbocycles. The Morgan fingerprint density at radius 2 is 1.90 bits per heavy atom. The molecule has 152 valence electrons. The molecular formula is C22H23NO6. The topological polar surface area (TPSA) is 74.3 Å². The molecule has 4 rings (SSSR count). The largest absolute Gasteiger partial charge is 0.492 e. The number of esters is 1. The summed E-state index contributed by atoms with van der Waals surface area (Å²) in [6.45, 7) is 2.83. The first-order valence-corrected chi connectivity index (χ1v) is 9.47. The molecule has 2 aromatic rings. The van der Waals surface area contributed by atoms with Crippen molar-refractivity contribution in [3.8, 4) is 23.0 Å². The van der Waals surface area contributed by atoms with Crippen molar-refractivity contribution >= 4 is 11.8 Å². The minimum Gasteiger partial charge on any atom is -0.492 e. The van der Waals surface area contributed by atoms with Gasteiger partial charge < -0.3 is 23.8 Å². The van der Waals surface area contributed by atoms with Gasteiger partial charge in [-0.05, 0) is 42.8 Å². The van der Waals surface area contributed by atoms with E-state index >= 15 is 0 Å². The molecule has 2 aliphatic heterocycles. The molecule has 7 heteroatoms. The SMILES string of the molecule is COc1c(OC(C)=O)ccc2c1CN(C)CCc1cc3c(cc1C(=O)C2)OCO3. The lowest BCUT2D eigenvalue weighted by atomic mass is 9.92. The number of nitrogens with zero attached hydrogens (tertiary/aromatic N) is 1. The van der Waals surface area contributed by atoms with Crippen molar-refractivity contribution in [3.05, 3.63) is 46.5 Å². The molecule has 0 radical (unpaired) electrons. The predicted octanol–water partition coefficient (Wildman–Crippen LogP) is 2.76. The van der Waals surface area contributed by atoms with Crippen LogP contribution < -0.4 is 18.9 Å². The Balaban J connectivity index is 1.78. The van der Waals surface area contributed by atoms with Crippen LogP contribution in [-0.2, 0) is 24.2 Å². The van der Waals surface area contributed by atoms with Gasteiger partial charge in [0.15, 0.2) is 28.8 Å². The molecule has 0 N–H and O–H groups in total. The molecule has 2 aromatic carbocycles. The van der Waals surface area contributed by atoms with Crippen molar-refractivity contribution in [2.24, 2.45) is 0 Å². The predicted molar refractivity (Wildman–Crippen MR) is 105 cm³/mol. The fourth-order valence-electron chi connectivity index (χ4n) is 3.82. The molecule has 0 saturated heterocycles. The summed E-state index contributed by atoms with van der Waals surface area (Å²) in [6, 6.07) is 7.21. The Kier molecular flexibility index (Phi) is 5.15. The summed E-state index contributed by atoms with van der Waals surface area (Å²) in [7, 11) is 3.55. The van der Waals surface area contributed by atoms with Gasteiger partial charge in [0.2, 0.25) is 6.79 Å². The highest BCUT2D eigenvalue weighted by Gasteiger charge is 2.25. The summed E-state index contributed by atoms with van der Waals surface area (Å²) in [5, 5.41) is 0. The first kappa shape index (κ1) is 19.3. The van der Waals surface area contributed by atoms with Gasteiger partial charge in [0.05, 0.1) is 7.11 Å². The molecule has 0 amide bonds. The molecule has 0 fully saturated rings. The second-order valence-corrected chi connectivity index (χ2v) is 7.28. The maximum atomic E-state index is 13.2. The maximum absolute atomic E-state index is 13.2. The number of likely N-dealkylation sites (N-methyl/N-ethyl adjacent to an activating group) is 1. The quantitative estimate of drug-likeness (QED) is 0.570. The van der Waals surface area contributed by atoms with Crippen LogP contribution in [-0.4, -0.2) is 44.1 Å². The van der Waals surface area contributed by atoms with Gasteiger partial charge in [0.1, 0.15) is 0 Å². The standard InChI is InChI=1S/C22H23NO6/c1-13(24)29-19-5-4-14-8-18(25)16-10-21-20(27-12-28-21)9-15(16)6-7-23(2)11-17(14)22(19)26-3/h4-5,9-10H,6-8,11-12H2,1-3H3. The van der Waals surface area contributed by atoms with Crippen LogP contribution in [0, 0.1) is 0 Å². The van der Waals surface area contributed by atoms with Crippen molar-refractivity contribution in [1.82, 2.24) is 4.90 Å². The summed E-state index contributed by atoms with van der Waals surface area (Å²) in [5.41, 5.74) is 3.31. The lowest BCUT2D eigenvalue weighted by Crippen LogP contribution is -2.25. The fourth-order valence-corrected chi connectivity index (χ4v) is 3.82. The van der Waals surface area contributed by atoms with Crippen molar-refractivity contribution in [2.45, 2.75) is 26.3 Å². The maximum Gasteiger partial charge on any atom is 0.308 e. The van der Waals surface area contributed by atoms with Gasteiger partial charge in [0.25, 0.3) is 0 Å². The van der Waals surface area contributed by atoms with E-state index in [9.17, 15) is 9.59 Å². The highest BCUT2D eigenvalue weighted by Crippen LogP contribution is 2.38. The lowest BCUT2D eigenvalue weighted by Gasteiger charge is -2.24. The number of fused-ring (bicyclic) bond motifs is 3. The zero-order valence-corrected chi connectivity index (χ0v) is 16.7. The normalized spacial score (nSPS) is 16.0. The Hall–Kier alpha value is -3.06. The van der Waals surface area contributed by atoms with E-state index in [-0.39, 0.29) is 19.0 Å². The van der Waals surface area contributed by atoms with Crippen LogP contribution in [0.4, 0.5) is 0 Å². The molecule has 7 nitrogen and oxygen atoms in total. The van der Waals surface area contributed by atoms with E-state index in [1.807, 2.05) is 19.2 Å². The zero-order valence-electron chi connectivity index (χ0n) is 16.7. The molecule has 29 heavy (non-hydrogen) atoms. The number of carbonyl (C=O) groups is 2. The first-order chi connectivity index (χ1) is 14.0. The molecule has 0 aliphatic carbocycles. The number of carbonyl (C=O) groups excluding carboxylic acids is 2. The summed E-state index contributed by atoms with van der Waals surface area (Å²) in [5.74, 6) is 1.73.